The van der Waals surface area contributed by atoms with Crippen molar-refractivity contribution in [2.45, 2.75) is 135 Å². The van der Waals surface area contributed by atoms with E-state index in [-0.39, 0.29) is 5.91 Å². The Labute approximate surface area is 197 Å². The van der Waals surface area contributed by atoms with Gasteiger partial charge in [-0.25, -0.2) is 0 Å². The van der Waals surface area contributed by atoms with E-state index in [2.05, 4.69) is 19.2 Å². The number of carbonyl (C=O) groups excluding carboxylic acids is 1. The number of carbonyl (C=O) groups is 1. The molecule has 2 unspecified atom stereocenters. The van der Waals surface area contributed by atoms with Crippen LogP contribution in [0.1, 0.15) is 123 Å². The molecule has 0 aliphatic carbocycles. The molecule has 0 aliphatic heterocycles. The molecule has 190 valence electrons. The van der Waals surface area contributed by atoms with Gasteiger partial charge in [0, 0.05) is 6.42 Å². The van der Waals surface area contributed by atoms with Crippen LogP contribution < -0.4 is 5.32 Å². The number of aliphatic hydroxyl groups excluding tert-OH is 1. The predicted molar refractivity (Wildman–Crippen MR) is 133 cm³/mol. The SMILES string of the molecule is CCCCCCCCC/C=C/C(O)C(CS(=O)(=O)O)NC(=O)CCCCCCCCCC. The molecule has 0 aromatic heterocycles. The van der Waals surface area contributed by atoms with E-state index in [0.29, 0.717) is 6.42 Å². The maximum Gasteiger partial charge on any atom is 0.267 e. The van der Waals surface area contributed by atoms with Gasteiger partial charge in [0.05, 0.1) is 17.9 Å². The minimum absolute atomic E-state index is 0.288. The average molecular weight is 476 g/mol. The summed E-state index contributed by atoms with van der Waals surface area (Å²) in [7, 11) is -4.31. The third-order valence-corrected chi connectivity index (χ3v) is 6.49. The Balaban J connectivity index is 4.24. The molecule has 3 N–H and O–H groups in total. The largest absolute Gasteiger partial charge is 0.387 e. The zero-order valence-electron chi connectivity index (χ0n) is 20.6. The van der Waals surface area contributed by atoms with Crippen LogP contribution in [0.4, 0.5) is 0 Å². The van der Waals surface area contributed by atoms with Gasteiger partial charge < -0.3 is 10.4 Å². The van der Waals surface area contributed by atoms with E-state index in [1.165, 1.54) is 70.3 Å². The minimum atomic E-state index is -4.31. The van der Waals surface area contributed by atoms with Crippen molar-refractivity contribution >= 4 is 16.0 Å². The summed E-state index contributed by atoms with van der Waals surface area (Å²) < 4.78 is 31.9. The number of unbranched alkanes of at least 4 members (excludes halogenated alkanes) is 14. The summed E-state index contributed by atoms with van der Waals surface area (Å²) in [6.07, 6.45) is 20.7. The van der Waals surface area contributed by atoms with E-state index in [0.717, 1.165) is 38.5 Å². The number of amides is 1. The normalized spacial score (nSPS) is 14.0. The van der Waals surface area contributed by atoms with Crippen molar-refractivity contribution in [1.82, 2.24) is 5.32 Å². The lowest BCUT2D eigenvalue weighted by molar-refractivity contribution is -0.122. The van der Waals surface area contributed by atoms with E-state index in [4.69, 9.17) is 0 Å². The summed E-state index contributed by atoms with van der Waals surface area (Å²) in [4.78, 5) is 12.2. The monoisotopic (exact) mass is 475 g/mol. The first-order valence-electron chi connectivity index (χ1n) is 12.9. The minimum Gasteiger partial charge on any atom is -0.387 e. The first kappa shape index (κ1) is 31.1. The average Bonchev–Trinajstić information content (AvgIpc) is 2.73. The zero-order chi connectivity index (χ0) is 24.1. The summed E-state index contributed by atoms with van der Waals surface area (Å²) in [5.41, 5.74) is 0. The van der Waals surface area contributed by atoms with Gasteiger partial charge in [-0.2, -0.15) is 8.42 Å². The molecule has 1 amide bonds. The van der Waals surface area contributed by atoms with Crippen molar-refractivity contribution in [3.63, 3.8) is 0 Å². The van der Waals surface area contributed by atoms with Gasteiger partial charge in [0.2, 0.25) is 5.91 Å². The van der Waals surface area contributed by atoms with Crippen LogP contribution in [-0.2, 0) is 14.9 Å². The number of hydrogen-bond donors (Lipinski definition) is 3. The van der Waals surface area contributed by atoms with Gasteiger partial charge in [0.1, 0.15) is 0 Å². The van der Waals surface area contributed by atoms with Crippen molar-refractivity contribution < 1.29 is 22.9 Å². The molecule has 0 spiro atoms. The number of allylic oxidation sites excluding steroid dienone is 1. The van der Waals surface area contributed by atoms with Gasteiger partial charge in [-0.1, -0.05) is 109 Å². The second-order valence-electron chi connectivity index (χ2n) is 8.98. The van der Waals surface area contributed by atoms with Gasteiger partial charge in [-0.15, -0.1) is 0 Å². The van der Waals surface area contributed by atoms with E-state index in [9.17, 15) is 22.9 Å². The molecule has 0 fully saturated rings. The first-order chi connectivity index (χ1) is 15.3. The fourth-order valence-corrected chi connectivity index (χ4v) is 4.47. The van der Waals surface area contributed by atoms with Crippen LogP contribution in [0.5, 0.6) is 0 Å². The molecule has 0 aliphatic rings. The van der Waals surface area contributed by atoms with Gasteiger partial charge in [-0.3, -0.25) is 9.35 Å². The van der Waals surface area contributed by atoms with Gasteiger partial charge in [0.25, 0.3) is 10.1 Å². The van der Waals surface area contributed by atoms with Crippen LogP contribution in [0.3, 0.4) is 0 Å². The smallest absolute Gasteiger partial charge is 0.267 e. The predicted octanol–water partition coefficient (Wildman–Crippen LogP) is 5.95. The highest BCUT2D eigenvalue weighted by molar-refractivity contribution is 7.85. The molecule has 0 rings (SSSR count). The Morgan fingerprint density at radius 2 is 1.28 bits per heavy atom. The van der Waals surface area contributed by atoms with Gasteiger partial charge >= 0.3 is 0 Å². The molecule has 32 heavy (non-hydrogen) atoms. The molecular formula is C25H49NO5S. The topological polar surface area (TPSA) is 104 Å². The Morgan fingerprint density at radius 1 is 0.812 bits per heavy atom. The molecule has 6 nitrogen and oxygen atoms in total. The molecule has 0 bridgehead atoms. The van der Waals surface area contributed by atoms with E-state index < -0.39 is 28.0 Å². The van der Waals surface area contributed by atoms with Crippen LogP contribution in [0, 0.1) is 0 Å². The molecule has 2 atom stereocenters. The molecule has 7 heteroatoms. The number of hydrogen-bond acceptors (Lipinski definition) is 4. The molecule has 0 aromatic rings. The number of nitrogens with one attached hydrogen (secondary N) is 1. The van der Waals surface area contributed by atoms with Gasteiger partial charge in [-0.05, 0) is 19.3 Å². The maximum absolute atomic E-state index is 12.2. The molecule has 0 heterocycles. The number of rotatable bonds is 22. The highest BCUT2D eigenvalue weighted by Gasteiger charge is 2.24. The lowest BCUT2D eigenvalue weighted by Crippen LogP contribution is -2.46. The molecule has 0 radical (unpaired) electrons. The van der Waals surface area contributed by atoms with Crippen molar-refractivity contribution in [3.05, 3.63) is 12.2 Å². The molecular weight excluding hydrogens is 426 g/mol. The van der Waals surface area contributed by atoms with E-state index in [1.54, 1.807) is 0 Å². The first-order valence-corrected chi connectivity index (χ1v) is 14.5. The van der Waals surface area contributed by atoms with Crippen LogP contribution in [0.15, 0.2) is 12.2 Å². The fourth-order valence-electron chi connectivity index (χ4n) is 3.74. The Hall–Kier alpha value is -0.920. The highest BCUT2D eigenvalue weighted by Crippen LogP contribution is 2.11. The highest BCUT2D eigenvalue weighted by atomic mass is 32.2. The Morgan fingerprint density at radius 3 is 1.78 bits per heavy atom. The summed E-state index contributed by atoms with van der Waals surface area (Å²) >= 11 is 0. The van der Waals surface area contributed by atoms with E-state index in [1.807, 2.05) is 6.08 Å². The van der Waals surface area contributed by atoms with Crippen LogP contribution in [0.25, 0.3) is 0 Å². The van der Waals surface area contributed by atoms with Crippen molar-refractivity contribution in [3.8, 4) is 0 Å². The molecule has 0 saturated carbocycles. The quantitative estimate of drug-likeness (QED) is 0.102. The summed E-state index contributed by atoms with van der Waals surface area (Å²) in [6.45, 7) is 4.39. The zero-order valence-corrected chi connectivity index (χ0v) is 21.4. The van der Waals surface area contributed by atoms with Crippen molar-refractivity contribution in [2.24, 2.45) is 0 Å². The second kappa shape index (κ2) is 20.7. The Bertz CT molecular complexity index is 577. The maximum atomic E-state index is 12.2. The summed E-state index contributed by atoms with van der Waals surface area (Å²) in [6, 6.07) is -1.04. The standard InChI is InChI=1S/C25H49NO5S/c1-3-5-7-9-11-13-14-16-18-20-24(27)23(22-32(29,30)31)26-25(28)21-19-17-15-12-10-8-6-4-2/h18,20,23-24,27H,3-17,19,21-22H2,1-2H3,(H,26,28)(H,29,30,31)/b20-18+. The van der Waals surface area contributed by atoms with Crippen LogP contribution in [0.2, 0.25) is 0 Å². The lowest BCUT2D eigenvalue weighted by Gasteiger charge is -2.21. The third kappa shape index (κ3) is 21.0. The molecule has 0 saturated heterocycles. The Kier molecular flexibility index (Phi) is 20.1. The lowest BCUT2D eigenvalue weighted by atomic mass is 10.1. The van der Waals surface area contributed by atoms with E-state index >= 15 is 0 Å². The van der Waals surface area contributed by atoms with Crippen LogP contribution in [-0.4, -0.2) is 41.9 Å². The number of aliphatic hydroxyl groups is 1. The summed E-state index contributed by atoms with van der Waals surface area (Å²) in [5.74, 6) is -0.983. The third-order valence-electron chi connectivity index (χ3n) is 5.71. The van der Waals surface area contributed by atoms with Gasteiger partial charge in [0.15, 0.2) is 0 Å². The van der Waals surface area contributed by atoms with Crippen molar-refractivity contribution in [2.75, 3.05) is 5.75 Å². The fraction of sp³-hybridized carbons (Fsp3) is 0.880. The van der Waals surface area contributed by atoms with Crippen molar-refractivity contribution in [1.29, 1.82) is 0 Å². The second-order valence-corrected chi connectivity index (χ2v) is 10.5. The summed E-state index contributed by atoms with van der Waals surface area (Å²) in [5, 5.41) is 12.9. The van der Waals surface area contributed by atoms with Crippen LogP contribution >= 0.6 is 0 Å². The molecule has 0 aromatic carbocycles.